The zero-order valence-electron chi connectivity index (χ0n) is 14.7. The van der Waals surface area contributed by atoms with Crippen molar-refractivity contribution in [3.05, 3.63) is 29.8 Å². The van der Waals surface area contributed by atoms with E-state index in [1.54, 1.807) is 5.32 Å². The van der Waals surface area contributed by atoms with Crippen molar-refractivity contribution in [3.8, 4) is 0 Å². The minimum absolute atomic E-state index is 0. The molecule has 154 valence electrons. The number of sulfonamides is 1. The Morgan fingerprint density at radius 3 is 2.44 bits per heavy atom. The molecule has 2 rings (SSSR count). The quantitative estimate of drug-likeness (QED) is 0.750. The van der Waals surface area contributed by atoms with Gasteiger partial charge in [0.1, 0.15) is 6.54 Å². The molecule has 27 heavy (non-hydrogen) atoms. The first kappa shape index (κ1) is 23.7. The summed E-state index contributed by atoms with van der Waals surface area (Å²) in [6, 6.07) is 5.02. The number of nitrogens with one attached hydrogen (secondary N) is 1. The molecule has 3 N–H and O–H groups in total. The molecule has 1 heterocycles. The van der Waals surface area contributed by atoms with Gasteiger partial charge in [-0.05, 0) is 43.9 Å². The van der Waals surface area contributed by atoms with Crippen LogP contribution >= 0.6 is 12.4 Å². The fourth-order valence-electron chi connectivity index (χ4n) is 2.87. The SMILES string of the molecule is CC(N)C1CCN(S(=O)(=O)c2cccc(C(=O)NCC(F)(F)F)c2)CC1.Cl. The molecule has 1 amide bonds. The van der Waals surface area contributed by atoms with Crippen LogP contribution in [0.5, 0.6) is 0 Å². The zero-order valence-corrected chi connectivity index (χ0v) is 16.3. The molecule has 0 saturated carbocycles. The number of hydrogen-bond acceptors (Lipinski definition) is 4. The Morgan fingerprint density at radius 2 is 1.93 bits per heavy atom. The smallest absolute Gasteiger partial charge is 0.343 e. The third-order valence-corrected chi connectivity index (χ3v) is 6.32. The molecule has 11 heteroatoms. The van der Waals surface area contributed by atoms with Gasteiger partial charge in [0.2, 0.25) is 10.0 Å². The van der Waals surface area contributed by atoms with E-state index in [0.717, 1.165) is 6.07 Å². The molecule has 0 aliphatic carbocycles. The van der Waals surface area contributed by atoms with Gasteiger partial charge in [-0.2, -0.15) is 17.5 Å². The normalized spacial score (nSPS) is 17.8. The van der Waals surface area contributed by atoms with Crippen LogP contribution in [0.4, 0.5) is 13.2 Å². The average Bonchev–Trinajstić information content (AvgIpc) is 2.59. The Kier molecular flexibility index (Phi) is 8.09. The van der Waals surface area contributed by atoms with E-state index in [9.17, 15) is 26.4 Å². The molecule has 1 aliphatic heterocycles. The molecule has 1 aromatic carbocycles. The summed E-state index contributed by atoms with van der Waals surface area (Å²) in [4.78, 5) is 11.7. The Hall–Kier alpha value is -1.36. The first-order valence-corrected chi connectivity index (χ1v) is 9.65. The van der Waals surface area contributed by atoms with Crippen LogP contribution in [-0.4, -0.2) is 50.5 Å². The lowest BCUT2D eigenvalue weighted by molar-refractivity contribution is -0.123. The number of rotatable bonds is 5. The topological polar surface area (TPSA) is 92.5 Å². The van der Waals surface area contributed by atoms with Gasteiger partial charge in [0.25, 0.3) is 5.91 Å². The van der Waals surface area contributed by atoms with Crippen molar-refractivity contribution in [2.24, 2.45) is 11.7 Å². The molecule has 1 saturated heterocycles. The molecule has 0 radical (unpaired) electrons. The van der Waals surface area contributed by atoms with E-state index in [2.05, 4.69) is 0 Å². The summed E-state index contributed by atoms with van der Waals surface area (Å²) < 4.78 is 63.4. The Bertz CT molecular complexity index is 749. The average molecular weight is 430 g/mol. The van der Waals surface area contributed by atoms with Gasteiger partial charge in [0, 0.05) is 24.7 Å². The van der Waals surface area contributed by atoms with Crippen molar-refractivity contribution in [3.63, 3.8) is 0 Å². The first-order chi connectivity index (χ1) is 12.0. The molecule has 6 nitrogen and oxygen atoms in total. The number of halogens is 4. The molecule has 1 atom stereocenters. The van der Waals surface area contributed by atoms with Crippen molar-refractivity contribution in [1.82, 2.24) is 9.62 Å². The summed E-state index contributed by atoms with van der Waals surface area (Å²) in [5, 5.41) is 1.73. The molecule has 1 aromatic rings. The minimum atomic E-state index is -4.54. The lowest BCUT2D eigenvalue weighted by Gasteiger charge is -2.33. The van der Waals surface area contributed by atoms with E-state index in [1.165, 1.54) is 22.5 Å². The van der Waals surface area contributed by atoms with E-state index in [0.29, 0.717) is 25.9 Å². The van der Waals surface area contributed by atoms with Crippen molar-refractivity contribution in [1.29, 1.82) is 0 Å². The maximum absolute atomic E-state index is 12.7. The second-order valence-electron chi connectivity index (χ2n) is 6.43. The second-order valence-corrected chi connectivity index (χ2v) is 8.36. The zero-order chi connectivity index (χ0) is 19.5. The maximum Gasteiger partial charge on any atom is 0.405 e. The highest BCUT2D eigenvalue weighted by molar-refractivity contribution is 7.89. The summed E-state index contributed by atoms with van der Waals surface area (Å²) in [5.74, 6) is -0.726. The van der Waals surface area contributed by atoms with Crippen molar-refractivity contribution in [2.45, 2.75) is 36.9 Å². The molecule has 1 unspecified atom stereocenters. The van der Waals surface area contributed by atoms with Crippen LogP contribution < -0.4 is 11.1 Å². The number of carbonyl (C=O) groups excluding carboxylic acids is 1. The number of nitrogens with zero attached hydrogens (tertiary/aromatic N) is 1. The van der Waals surface area contributed by atoms with Crippen molar-refractivity contribution in [2.75, 3.05) is 19.6 Å². The Morgan fingerprint density at radius 1 is 1.33 bits per heavy atom. The van der Waals surface area contributed by atoms with Gasteiger partial charge in [0.15, 0.2) is 0 Å². The number of hydrogen-bond donors (Lipinski definition) is 2. The van der Waals surface area contributed by atoms with Crippen LogP contribution in [0.1, 0.15) is 30.1 Å². The van der Waals surface area contributed by atoms with Gasteiger partial charge in [-0.25, -0.2) is 8.42 Å². The van der Waals surface area contributed by atoms with Crippen molar-refractivity contribution >= 4 is 28.3 Å². The molecule has 1 aliphatic rings. The van der Waals surface area contributed by atoms with Gasteiger partial charge in [-0.3, -0.25) is 4.79 Å². The van der Waals surface area contributed by atoms with Crippen LogP contribution in [0.3, 0.4) is 0 Å². The van der Waals surface area contributed by atoms with Gasteiger partial charge >= 0.3 is 6.18 Å². The number of nitrogens with two attached hydrogens (primary N) is 1. The molecule has 1 fully saturated rings. The standard InChI is InChI=1S/C16H22F3N3O3S.ClH/c1-11(20)12-5-7-22(8-6-12)26(24,25)14-4-2-3-13(9-14)15(23)21-10-16(17,18)19;/h2-4,9,11-12H,5-8,10,20H2,1H3,(H,21,23);1H. The van der Waals surface area contributed by atoms with Crippen LogP contribution in [0.2, 0.25) is 0 Å². The van der Waals surface area contributed by atoms with Crippen LogP contribution in [-0.2, 0) is 10.0 Å². The highest BCUT2D eigenvalue weighted by atomic mass is 35.5. The fourth-order valence-corrected chi connectivity index (χ4v) is 4.39. The number of carbonyl (C=O) groups is 1. The third kappa shape index (κ3) is 6.34. The number of amides is 1. The van der Waals surface area contributed by atoms with E-state index in [-0.39, 0.29) is 34.8 Å². The largest absolute Gasteiger partial charge is 0.405 e. The number of piperidine rings is 1. The molecular weight excluding hydrogens is 407 g/mol. The Labute approximate surface area is 162 Å². The summed E-state index contributed by atoms with van der Waals surface area (Å²) in [7, 11) is -3.82. The lowest BCUT2D eigenvalue weighted by atomic mass is 9.92. The second kappa shape index (κ2) is 9.22. The van der Waals surface area contributed by atoms with E-state index in [4.69, 9.17) is 5.73 Å². The number of alkyl halides is 3. The summed E-state index contributed by atoms with van der Waals surface area (Å²) in [5.41, 5.74) is 5.71. The molecule has 0 bridgehead atoms. The van der Waals surface area contributed by atoms with Crippen LogP contribution in [0, 0.1) is 5.92 Å². The Balaban J connectivity index is 0.00000364. The minimum Gasteiger partial charge on any atom is -0.343 e. The van der Waals surface area contributed by atoms with Gasteiger partial charge in [-0.15, -0.1) is 12.4 Å². The molecule has 0 aromatic heterocycles. The predicted molar refractivity (Wildman–Crippen MR) is 97.2 cm³/mol. The highest BCUT2D eigenvalue weighted by Crippen LogP contribution is 2.25. The van der Waals surface area contributed by atoms with Crippen LogP contribution in [0.15, 0.2) is 29.2 Å². The molecule has 0 spiro atoms. The fraction of sp³-hybridized carbons (Fsp3) is 0.562. The highest BCUT2D eigenvalue weighted by Gasteiger charge is 2.31. The monoisotopic (exact) mass is 429 g/mol. The van der Waals surface area contributed by atoms with Crippen LogP contribution in [0.25, 0.3) is 0 Å². The van der Waals surface area contributed by atoms with Gasteiger partial charge in [-0.1, -0.05) is 6.07 Å². The van der Waals surface area contributed by atoms with E-state index in [1.807, 2.05) is 6.92 Å². The molecular formula is C16H23ClF3N3O3S. The first-order valence-electron chi connectivity index (χ1n) is 8.21. The van der Waals surface area contributed by atoms with Crippen molar-refractivity contribution < 1.29 is 26.4 Å². The summed E-state index contributed by atoms with van der Waals surface area (Å²) >= 11 is 0. The van der Waals surface area contributed by atoms with E-state index < -0.39 is 28.7 Å². The van der Waals surface area contributed by atoms with E-state index >= 15 is 0 Å². The third-order valence-electron chi connectivity index (χ3n) is 4.43. The summed E-state index contributed by atoms with van der Waals surface area (Å²) in [6.07, 6.45) is -3.25. The lowest BCUT2D eigenvalue weighted by Crippen LogP contribution is -2.42. The number of benzene rings is 1. The van der Waals surface area contributed by atoms with Gasteiger partial charge < -0.3 is 11.1 Å². The predicted octanol–water partition coefficient (Wildman–Crippen LogP) is 2.15. The maximum atomic E-state index is 12.7. The van der Waals surface area contributed by atoms with Gasteiger partial charge in [0.05, 0.1) is 4.90 Å². The summed E-state index contributed by atoms with van der Waals surface area (Å²) in [6.45, 7) is 1.05.